The predicted octanol–water partition coefficient (Wildman–Crippen LogP) is 11.5. The second kappa shape index (κ2) is 17.6. The fourth-order valence-electron chi connectivity index (χ4n) is 4.81. The van der Waals surface area contributed by atoms with Gasteiger partial charge in [0.15, 0.2) is 0 Å². The second-order valence-electron chi connectivity index (χ2n) is 9.00. The zero-order valence-corrected chi connectivity index (χ0v) is 24.2. The Bertz CT molecular complexity index is 1010. The number of rotatable bonds is 9. The van der Waals surface area contributed by atoms with Crippen LogP contribution in [0.15, 0.2) is 67.4 Å². The Morgan fingerprint density at radius 2 is 1.67 bits per heavy atom. The highest BCUT2D eigenvalue weighted by molar-refractivity contribution is 5.74. The lowest BCUT2D eigenvalue weighted by Crippen LogP contribution is -2.10. The van der Waals surface area contributed by atoms with Crippen molar-refractivity contribution in [1.29, 1.82) is 0 Å². The van der Waals surface area contributed by atoms with E-state index >= 15 is 0 Å². The first-order valence-electron chi connectivity index (χ1n) is 14.2. The first kappa shape index (κ1) is 31.2. The first-order valence-corrected chi connectivity index (χ1v) is 14.2. The smallest absolute Gasteiger partial charge is 0.0382 e. The molecule has 0 unspecified atom stereocenters. The molecule has 1 aliphatic rings. The van der Waals surface area contributed by atoms with Gasteiger partial charge in [-0.1, -0.05) is 116 Å². The quantitative estimate of drug-likeness (QED) is 0.371. The van der Waals surface area contributed by atoms with Crippen LogP contribution in [-0.4, -0.2) is 0 Å². The Labute approximate surface area is 224 Å². The van der Waals surface area contributed by atoms with Crippen LogP contribution in [0.25, 0.3) is 23.4 Å². The van der Waals surface area contributed by atoms with Gasteiger partial charge in [-0.25, -0.2) is 0 Å². The summed E-state index contributed by atoms with van der Waals surface area (Å²) >= 11 is 0. The highest BCUT2D eigenvalue weighted by Gasteiger charge is 2.16. The summed E-state index contributed by atoms with van der Waals surface area (Å²) in [6.45, 7) is 22.8. The van der Waals surface area contributed by atoms with E-state index < -0.39 is 0 Å². The summed E-state index contributed by atoms with van der Waals surface area (Å²) in [4.78, 5) is 0. The number of nitrogens with one attached hydrogen (secondary N) is 1. The normalized spacial score (nSPS) is 14.1. The van der Waals surface area contributed by atoms with Crippen molar-refractivity contribution in [2.24, 2.45) is 0 Å². The average molecular weight is 488 g/mol. The Balaban J connectivity index is 0.00000247. The van der Waals surface area contributed by atoms with Crippen molar-refractivity contribution < 1.29 is 1.43 Å². The van der Waals surface area contributed by atoms with Gasteiger partial charge < -0.3 is 5.32 Å². The van der Waals surface area contributed by atoms with E-state index in [9.17, 15) is 0 Å². The summed E-state index contributed by atoms with van der Waals surface area (Å²) in [5.41, 5.74) is 9.68. The van der Waals surface area contributed by atoms with Gasteiger partial charge in [-0.2, -0.15) is 0 Å². The molecule has 0 spiro atoms. The number of hydrogen-bond acceptors (Lipinski definition) is 1. The maximum atomic E-state index is 4.34. The van der Waals surface area contributed by atoms with Crippen LogP contribution in [0.3, 0.4) is 0 Å². The van der Waals surface area contributed by atoms with Crippen LogP contribution in [-0.2, 0) is 0 Å². The first-order chi connectivity index (χ1) is 17.5. The van der Waals surface area contributed by atoms with Crippen LogP contribution in [0.2, 0.25) is 0 Å². The monoisotopic (exact) mass is 487 g/mol. The molecule has 0 heterocycles. The Morgan fingerprint density at radius 3 is 2.28 bits per heavy atom. The highest BCUT2D eigenvalue weighted by Crippen LogP contribution is 2.33. The molecule has 1 saturated carbocycles. The zero-order valence-electron chi connectivity index (χ0n) is 24.2. The predicted molar refractivity (Wildman–Crippen MR) is 168 cm³/mol. The summed E-state index contributed by atoms with van der Waals surface area (Å²) in [5.74, 6) is 0.704. The molecule has 0 bridgehead atoms. The molecule has 0 amide bonds. The number of hydrogen-bond donors (Lipinski definition) is 1. The lowest BCUT2D eigenvalue weighted by Gasteiger charge is -2.22. The maximum Gasteiger partial charge on any atom is 0.0382 e. The number of allylic oxidation sites excluding steroid dienone is 3. The van der Waals surface area contributed by atoms with Crippen molar-refractivity contribution in [3.05, 3.63) is 95.2 Å². The highest BCUT2D eigenvalue weighted by atomic mass is 14.9. The van der Waals surface area contributed by atoms with E-state index in [1.165, 1.54) is 59.9 Å². The molecule has 1 heteroatoms. The SMILES string of the molecule is C=Cc1ccc(/C(=C/C)CCC)cc1/C=C(\C)NC(=C)c1cccc(C2CCCCC2)c1.CC.CC.[HH]. The van der Waals surface area contributed by atoms with Gasteiger partial charge in [-0.3, -0.25) is 0 Å². The van der Waals surface area contributed by atoms with Crippen molar-refractivity contribution in [3.63, 3.8) is 0 Å². The van der Waals surface area contributed by atoms with E-state index in [0.717, 1.165) is 29.8 Å². The lowest BCUT2D eigenvalue weighted by atomic mass is 9.83. The fourth-order valence-corrected chi connectivity index (χ4v) is 4.81. The summed E-state index contributed by atoms with van der Waals surface area (Å²) in [5, 5.41) is 3.53. The molecule has 3 rings (SSSR count). The van der Waals surface area contributed by atoms with E-state index in [4.69, 9.17) is 0 Å². The molecule has 0 aromatic heterocycles. The van der Waals surface area contributed by atoms with Gasteiger partial charge in [0.1, 0.15) is 0 Å². The largest absolute Gasteiger partial charge is 0.359 e. The molecule has 0 saturated heterocycles. The van der Waals surface area contributed by atoms with Gasteiger partial charge in [-0.15, -0.1) is 0 Å². The fraction of sp³-hybridized carbons (Fsp3) is 0.429. The van der Waals surface area contributed by atoms with E-state index in [1.807, 2.05) is 33.8 Å². The third kappa shape index (κ3) is 9.34. The van der Waals surface area contributed by atoms with Crippen LogP contribution in [0.5, 0.6) is 0 Å². The molecule has 2 aromatic rings. The van der Waals surface area contributed by atoms with Crippen molar-refractivity contribution in [1.82, 2.24) is 5.32 Å². The third-order valence-corrected chi connectivity index (χ3v) is 6.58. The van der Waals surface area contributed by atoms with Crippen LogP contribution in [0, 0.1) is 0 Å². The Hall–Kier alpha value is -2.80. The second-order valence-corrected chi connectivity index (χ2v) is 9.00. The molecular formula is C35H53N. The summed E-state index contributed by atoms with van der Waals surface area (Å²) < 4.78 is 0. The minimum absolute atomic E-state index is 0. The summed E-state index contributed by atoms with van der Waals surface area (Å²) in [6, 6.07) is 15.6. The molecule has 0 radical (unpaired) electrons. The van der Waals surface area contributed by atoms with Crippen LogP contribution in [0.4, 0.5) is 0 Å². The average Bonchev–Trinajstić information content (AvgIpc) is 2.94. The molecule has 1 nitrogen and oxygen atoms in total. The third-order valence-electron chi connectivity index (χ3n) is 6.58. The minimum Gasteiger partial charge on any atom is -0.359 e. The lowest BCUT2D eigenvalue weighted by molar-refractivity contribution is 0.443. The van der Waals surface area contributed by atoms with Gasteiger partial charge in [0.2, 0.25) is 0 Å². The van der Waals surface area contributed by atoms with Crippen molar-refractivity contribution >= 4 is 23.4 Å². The van der Waals surface area contributed by atoms with E-state index in [1.54, 1.807) is 0 Å². The van der Waals surface area contributed by atoms with Crippen LogP contribution >= 0.6 is 0 Å². The summed E-state index contributed by atoms with van der Waals surface area (Å²) in [6.07, 6.45) is 15.3. The van der Waals surface area contributed by atoms with Crippen molar-refractivity contribution in [2.45, 2.75) is 99.3 Å². The molecule has 1 fully saturated rings. The van der Waals surface area contributed by atoms with Gasteiger partial charge in [0, 0.05) is 12.8 Å². The van der Waals surface area contributed by atoms with Gasteiger partial charge in [0.05, 0.1) is 0 Å². The molecule has 1 aliphatic carbocycles. The van der Waals surface area contributed by atoms with Crippen molar-refractivity contribution in [3.8, 4) is 0 Å². The van der Waals surface area contributed by atoms with E-state index in [-0.39, 0.29) is 1.43 Å². The van der Waals surface area contributed by atoms with Gasteiger partial charge in [0.25, 0.3) is 0 Å². The molecule has 1 N–H and O–H groups in total. The van der Waals surface area contributed by atoms with Crippen LogP contribution < -0.4 is 5.32 Å². The minimum atomic E-state index is 0. The molecule has 0 atom stereocenters. The molecule has 36 heavy (non-hydrogen) atoms. The van der Waals surface area contributed by atoms with Crippen molar-refractivity contribution in [2.75, 3.05) is 0 Å². The molecule has 2 aromatic carbocycles. The van der Waals surface area contributed by atoms with Crippen LogP contribution in [0.1, 0.15) is 129 Å². The molecule has 0 aliphatic heterocycles. The van der Waals surface area contributed by atoms with Gasteiger partial charge in [-0.05, 0) is 90.6 Å². The van der Waals surface area contributed by atoms with E-state index in [2.05, 4.69) is 93.9 Å². The van der Waals surface area contributed by atoms with E-state index in [0.29, 0.717) is 5.92 Å². The Kier molecular flexibility index (Phi) is 15.3. The molecule has 198 valence electrons. The zero-order chi connectivity index (χ0) is 26.9. The Morgan fingerprint density at radius 1 is 0.972 bits per heavy atom. The maximum absolute atomic E-state index is 4.34. The number of benzene rings is 2. The summed E-state index contributed by atoms with van der Waals surface area (Å²) in [7, 11) is 0. The van der Waals surface area contributed by atoms with Gasteiger partial charge >= 0.3 is 0 Å². The standard InChI is InChI=1S/C31H39N.2C2H6.H2/c1-6-13-25(7-2)30-19-18-26(8-3)31(22-30)20-23(4)32-24(5)28-16-12-17-29(21-28)27-14-10-9-11-15-27;2*1-2;/h7-8,12,16-22,27,32H,3,5-6,9-11,13-15H2,1-2,4H3;2*1-2H3;1H/b23-20+,25-7+;;;. The topological polar surface area (TPSA) is 12.0 Å². The molecular weight excluding hydrogens is 434 g/mol.